The molecule has 0 N–H and O–H groups in total. The second-order valence-corrected chi connectivity index (χ2v) is 10.2. The van der Waals surface area contributed by atoms with Gasteiger partial charge in [0.1, 0.15) is 0 Å². The van der Waals surface area contributed by atoms with E-state index >= 15 is 0 Å². The third-order valence-corrected chi connectivity index (χ3v) is 8.01. The van der Waals surface area contributed by atoms with Crippen LogP contribution >= 0.6 is 0 Å². The average molecular weight is 458 g/mol. The Hall–Kier alpha value is -2.86. The smallest absolute Gasteiger partial charge is 0.225 e. The number of fused-ring (bicyclic) bond motifs is 1. The second-order valence-electron chi connectivity index (χ2n) is 10.2. The van der Waals surface area contributed by atoms with Gasteiger partial charge in [-0.1, -0.05) is 31.2 Å². The highest BCUT2D eigenvalue weighted by Crippen LogP contribution is 2.33. The van der Waals surface area contributed by atoms with Gasteiger partial charge in [0, 0.05) is 56.6 Å². The van der Waals surface area contributed by atoms with E-state index < -0.39 is 0 Å². The number of hydrogen-bond acceptors (Lipinski definition) is 4. The molecule has 2 saturated heterocycles. The van der Waals surface area contributed by atoms with E-state index in [2.05, 4.69) is 69.3 Å². The van der Waals surface area contributed by atoms with Gasteiger partial charge in [0.25, 0.3) is 0 Å². The van der Waals surface area contributed by atoms with Gasteiger partial charge in [0.2, 0.25) is 5.91 Å². The van der Waals surface area contributed by atoms with E-state index in [4.69, 9.17) is 0 Å². The summed E-state index contributed by atoms with van der Waals surface area (Å²) in [6, 6.07) is 13.6. The molecule has 1 amide bonds. The first-order valence-electron chi connectivity index (χ1n) is 13.0. The molecule has 1 unspecified atom stereocenters. The topological polar surface area (TPSA) is 44.1 Å². The second kappa shape index (κ2) is 9.06. The van der Waals surface area contributed by atoms with Crippen LogP contribution in [0.5, 0.6) is 0 Å². The molecule has 34 heavy (non-hydrogen) atoms. The summed E-state index contributed by atoms with van der Waals surface area (Å²) >= 11 is 0. The summed E-state index contributed by atoms with van der Waals surface area (Å²) in [6.45, 7) is 9.21. The molecule has 0 spiro atoms. The molecule has 3 aromatic rings. The molecule has 178 valence electrons. The first-order chi connectivity index (χ1) is 16.7. The SMILES string of the molecule is CCN1CCCC(c2ccc(-c3cc4c(N5CCN(C(=O)C6CC6)CC5)ccnn4c3)cc2)C1. The van der Waals surface area contributed by atoms with E-state index in [0.29, 0.717) is 17.7 Å². The van der Waals surface area contributed by atoms with Crippen LogP contribution in [0.25, 0.3) is 16.6 Å². The summed E-state index contributed by atoms with van der Waals surface area (Å²) in [7, 11) is 0. The standard InChI is InChI=1S/C28H35N5O/c1-2-30-13-3-4-24(19-30)21-5-7-22(8-6-21)25-18-27-26(11-12-29-33(27)20-25)31-14-16-32(17-15-31)28(34)23-9-10-23/h5-8,11-12,18,20,23-24H,2-4,9-10,13-17,19H2,1H3. The molecule has 3 aliphatic rings. The highest BCUT2D eigenvalue weighted by Gasteiger charge is 2.34. The fourth-order valence-corrected chi connectivity index (χ4v) is 5.74. The Morgan fingerprint density at radius 3 is 2.50 bits per heavy atom. The summed E-state index contributed by atoms with van der Waals surface area (Å²) in [5.74, 6) is 1.32. The van der Waals surface area contributed by atoms with E-state index in [0.717, 1.165) is 51.1 Å². The molecule has 1 aromatic carbocycles. The molecule has 2 aliphatic heterocycles. The number of rotatable bonds is 5. The number of carbonyl (C=O) groups excluding carboxylic acids is 1. The molecule has 1 aliphatic carbocycles. The number of hydrogen-bond donors (Lipinski definition) is 0. The maximum absolute atomic E-state index is 12.4. The number of likely N-dealkylation sites (tertiary alicyclic amines) is 1. The third-order valence-electron chi connectivity index (χ3n) is 8.01. The van der Waals surface area contributed by atoms with Crippen LogP contribution in [0.2, 0.25) is 0 Å². The number of piperazine rings is 1. The first kappa shape index (κ1) is 21.7. The maximum Gasteiger partial charge on any atom is 0.225 e. The van der Waals surface area contributed by atoms with Crippen molar-refractivity contribution < 1.29 is 4.79 Å². The van der Waals surface area contributed by atoms with Gasteiger partial charge < -0.3 is 14.7 Å². The van der Waals surface area contributed by atoms with E-state index in [9.17, 15) is 4.79 Å². The van der Waals surface area contributed by atoms with E-state index in [1.54, 1.807) is 0 Å². The molecule has 3 fully saturated rings. The quantitative estimate of drug-likeness (QED) is 0.574. The minimum atomic E-state index is 0.308. The van der Waals surface area contributed by atoms with Crippen LogP contribution < -0.4 is 4.90 Å². The fraction of sp³-hybridized carbons (Fsp3) is 0.500. The van der Waals surface area contributed by atoms with Crippen LogP contribution in [0.4, 0.5) is 5.69 Å². The monoisotopic (exact) mass is 457 g/mol. The van der Waals surface area contributed by atoms with Gasteiger partial charge in [0.15, 0.2) is 0 Å². The Morgan fingerprint density at radius 1 is 0.971 bits per heavy atom. The number of amides is 1. The molecular weight excluding hydrogens is 422 g/mol. The Kier molecular flexibility index (Phi) is 5.77. The number of aromatic nitrogens is 2. The summed E-state index contributed by atoms with van der Waals surface area (Å²) in [6.07, 6.45) is 8.77. The van der Waals surface area contributed by atoms with Gasteiger partial charge >= 0.3 is 0 Å². The van der Waals surface area contributed by atoms with Crippen molar-refractivity contribution in [2.45, 2.75) is 38.5 Å². The number of likely N-dealkylation sites (N-methyl/N-ethyl adjacent to an activating group) is 1. The molecule has 6 heteroatoms. The molecule has 0 bridgehead atoms. The lowest BCUT2D eigenvalue weighted by Gasteiger charge is -2.36. The number of nitrogens with zero attached hydrogens (tertiary/aromatic N) is 5. The van der Waals surface area contributed by atoms with Crippen molar-refractivity contribution in [3.05, 3.63) is 54.4 Å². The van der Waals surface area contributed by atoms with Crippen molar-refractivity contribution in [3.63, 3.8) is 0 Å². The summed E-state index contributed by atoms with van der Waals surface area (Å²) < 4.78 is 2.00. The Labute approximate surface area is 202 Å². The first-order valence-corrected chi connectivity index (χ1v) is 13.0. The van der Waals surface area contributed by atoms with Crippen LogP contribution in [-0.2, 0) is 4.79 Å². The highest BCUT2D eigenvalue weighted by atomic mass is 16.2. The largest absolute Gasteiger partial charge is 0.366 e. The minimum absolute atomic E-state index is 0.308. The number of carbonyl (C=O) groups is 1. The van der Waals surface area contributed by atoms with Crippen LogP contribution in [0.15, 0.2) is 48.8 Å². The minimum Gasteiger partial charge on any atom is -0.366 e. The number of piperidine rings is 1. The zero-order valence-electron chi connectivity index (χ0n) is 20.2. The predicted molar refractivity (Wildman–Crippen MR) is 136 cm³/mol. The van der Waals surface area contributed by atoms with E-state index in [1.165, 1.54) is 48.3 Å². The van der Waals surface area contributed by atoms with Crippen molar-refractivity contribution in [1.82, 2.24) is 19.4 Å². The maximum atomic E-state index is 12.4. The Balaban J connectivity index is 1.19. The molecule has 6 nitrogen and oxygen atoms in total. The summed E-state index contributed by atoms with van der Waals surface area (Å²) in [4.78, 5) is 19.5. The van der Waals surface area contributed by atoms with Crippen LogP contribution in [-0.4, -0.2) is 71.1 Å². The van der Waals surface area contributed by atoms with Crippen LogP contribution in [0, 0.1) is 5.92 Å². The molecule has 1 saturated carbocycles. The lowest BCUT2D eigenvalue weighted by Crippen LogP contribution is -2.49. The number of benzene rings is 1. The summed E-state index contributed by atoms with van der Waals surface area (Å²) in [5.41, 5.74) is 6.24. The Bertz CT molecular complexity index is 1160. The average Bonchev–Trinajstić information content (AvgIpc) is 3.66. The molecule has 4 heterocycles. The van der Waals surface area contributed by atoms with Crippen molar-refractivity contribution in [2.75, 3.05) is 50.7 Å². The van der Waals surface area contributed by atoms with Gasteiger partial charge in [-0.25, -0.2) is 4.52 Å². The van der Waals surface area contributed by atoms with Gasteiger partial charge in [-0.2, -0.15) is 5.10 Å². The zero-order chi connectivity index (χ0) is 23.1. The molecule has 2 aromatic heterocycles. The van der Waals surface area contributed by atoms with Gasteiger partial charge in [-0.3, -0.25) is 4.79 Å². The molecule has 6 rings (SSSR count). The van der Waals surface area contributed by atoms with E-state index in [-0.39, 0.29) is 0 Å². The highest BCUT2D eigenvalue weighted by molar-refractivity contribution is 5.82. The normalized spacial score (nSPS) is 21.9. The molecule has 1 atom stereocenters. The van der Waals surface area contributed by atoms with Crippen molar-refractivity contribution in [1.29, 1.82) is 0 Å². The molecule has 0 radical (unpaired) electrons. The van der Waals surface area contributed by atoms with E-state index in [1.807, 2.05) is 10.7 Å². The molecular formula is C28H35N5O. The third kappa shape index (κ3) is 4.20. The number of anilines is 1. The van der Waals surface area contributed by atoms with Gasteiger partial charge in [-0.15, -0.1) is 0 Å². The van der Waals surface area contributed by atoms with Crippen molar-refractivity contribution in [2.24, 2.45) is 5.92 Å². The van der Waals surface area contributed by atoms with Gasteiger partial charge in [-0.05, 0) is 68.0 Å². The lowest BCUT2D eigenvalue weighted by molar-refractivity contribution is -0.132. The van der Waals surface area contributed by atoms with Crippen molar-refractivity contribution >= 4 is 17.1 Å². The van der Waals surface area contributed by atoms with Crippen LogP contribution in [0.1, 0.15) is 44.1 Å². The van der Waals surface area contributed by atoms with Crippen molar-refractivity contribution in [3.8, 4) is 11.1 Å². The lowest BCUT2D eigenvalue weighted by atomic mass is 9.90. The summed E-state index contributed by atoms with van der Waals surface area (Å²) in [5, 5.41) is 4.59. The van der Waals surface area contributed by atoms with Crippen LogP contribution in [0.3, 0.4) is 0 Å². The van der Waals surface area contributed by atoms with Gasteiger partial charge in [0.05, 0.1) is 11.2 Å². The zero-order valence-corrected chi connectivity index (χ0v) is 20.2. The Morgan fingerprint density at radius 2 is 1.76 bits per heavy atom. The predicted octanol–water partition coefficient (Wildman–Crippen LogP) is 4.26. The fourth-order valence-electron chi connectivity index (χ4n) is 5.74.